The van der Waals surface area contributed by atoms with Crippen LogP contribution < -0.4 is 5.32 Å². The molecule has 0 saturated carbocycles. The fourth-order valence-corrected chi connectivity index (χ4v) is 3.78. The number of likely N-dealkylation sites (N-methyl/N-ethyl adjacent to an activating group) is 1. The van der Waals surface area contributed by atoms with Crippen molar-refractivity contribution in [3.05, 3.63) is 11.8 Å². The highest BCUT2D eigenvalue weighted by Gasteiger charge is 2.30. The van der Waals surface area contributed by atoms with E-state index in [1.807, 2.05) is 0 Å². The Morgan fingerprint density at radius 3 is 2.63 bits per heavy atom. The summed E-state index contributed by atoms with van der Waals surface area (Å²) in [6, 6.07) is 0. The third-order valence-electron chi connectivity index (χ3n) is 3.42. The molecule has 2 N–H and O–H groups in total. The molecule has 1 fully saturated rings. The average Bonchev–Trinajstić information content (AvgIpc) is 2.88. The average molecular weight is 287 g/mol. The molecular formula is C11H21N5O2S. The summed E-state index contributed by atoms with van der Waals surface area (Å²) in [5.41, 5.74) is 0.681. The lowest BCUT2D eigenvalue weighted by atomic mass is 10.4. The topological polar surface area (TPSA) is 81.3 Å². The Morgan fingerprint density at radius 2 is 2.05 bits per heavy atom. The van der Waals surface area contributed by atoms with Gasteiger partial charge in [-0.2, -0.15) is 9.40 Å². The number of piperazine rings is 1. The summed E-state index contributed by atoms with van der Waals surface area (Å²) in [7, 11) is -1.67. The van der Waals surface area contributed by atoms with E-state index < -0.39 is 10.0 Å². The van der Waals surface area contributed by atoms with Gasteiger partial charge in [-0.3, -0.25) is 5.10 Å². The lowest BCUT2D eigenvalue weighted by molar-refractivity contribution is 0.196. The molecule has 0 unspecified atom stereocenters. The van der Waals surface area contributed by atoms with Gasteiger partial charge in [0.25, 0.3) is 10.0 Å². The van der Waals surface area contributed by atoms with Gasteiger partial charge in [-0.15, -0.1) is 0 Å². The quantitative estimate of drug-likeness (QED) is 0.760. The smallest absolute Gasteiger partial charge is 0.260 e. The highest BCUT2D eigenvalue weighted by molar-refractivity contribution is 7.89. The number of rotatable bonds is 5. The number of sulfonamides is 1. The minimum absolute atomic E-state index is 0.215. The molecule has 0 spiro atoms. The van der Waals surface area contributed by atoms with Crippen LogP contribution in [0.1, 0.15) is 12.5 Å². The Hall–Kier alpha value is -0.960. The van der Waals surface area contributed by atoms with Gasteiger partial charge < -0.3 is 10.2 Å². The van der Waals surface area contributed by atoms with Crippen molar-refractivity contribution in [2.75, 3.05) is 39.8 Å². The summed E-state index contributed by atoms with van der Waals surface area (Å²) >= 11 is 0. The molecule has 1 aliphatic heterocycles. The molecule has 1 aromatic rings. The molecule has 1 aromatic heterocycles. The minimum Gasteiger partial charge on any atom is -0.316 e. The zero-order chi connectivity index (χ0) is 13.9. The third kappa shape index (κ3) is 2.97. The van der Waals surface area contributed by atoms with Gasteiger partial charge in [0.2, 0.25) is 0 Å². The van der Waals surface area contributed by atoms with E-state index in [2.05, 4.69) is 27.3 Å². The van der Waals surface area contributed by atoms with E-state index in [9.17, 15) is 8.42 Å². The van der Waals surface area contributed by atoms with Crippen LogP contribution in [0.5, 0.6) is 0 Å². The van der Waals surface area contributed by atoms with Gasteiger partial charge in [0.05, 0.1) is 6.20 Å². The lowest BCUT2D eigenvalue weighted by Gasteiger charge is -2.33. The summed E-state index contributed by atoms with van der Waals surface area (Å²) in [5, 5.41) is 9.64. The van der Waals surface area contributed by atoms with Crippen molar-refractivity contribution in [3.8, 4) is 0 Å². The van der Waals surface area contributed by atoms with Gasteiger partial charge >= 0.3 is 0 Å². The zero-order valence-electron chi connectivity index (χ0n) is 11.4. The third-order valence-corrected chi connectivity index (χ3v) is 5.34. The molecule has 0 aliphatic carbocycles. The molecule has 0 amide bonds. The second-order valence-electron chi connectivity index (χ2n) is 4.59. The summed E-state index contributed by atoms with van der Waals surface area (Å²) in [5.74, 6) is 0. The van der Waals surface area contributed by atoms with E-state index in [-0.39, 0.29) is 5.03 Å². The van der Waals surface area contributed by atoms with Gasteiger partial charge in [0, 0.05) is 38.3 Å². The van der Waals surface area contributed by atoms with Crippen molar-refractivity contribution in [2.24, 2.45) is 0 Å². The largest absolute Gasteiger partial charge is 0.316 e. The first-order chi connectivity index (χ1) is 9.09. The molecule has 0 bridgehead atoms. The van der Waals surface area contributed by atoms with E-state index in [0.717, 1.165) is 19.6 Å². The van der Waals surface area contributed by atoms with Crippen LogP contribution in [0.3, 0.4) is 0 Å². The predicted molar refractivity (Wildman–Crippen MR) is 72.2 cm³/mol. The van der Waals surface area contributed by atoms with Crippen molar-refractivity contribution in [1.29, 1.82) is 0 Å². The van der Waals surface area contributed by atoms with Crippen molar-refractivity contribution in [1.82, 2.24) is 24.7 Å². The van der Waals surface area contributed by atoms with E-state index in [1.54, 1.807) is 13.2 Å². The van der Waals surface area contributed by atoms with Crippen LogP contribution in [-0.2, 0) is 16.6 Å². The van der Waals surface area contributed by atoms with Crippen LogP contribution in [0, 0.1) is 0 Å². The molecule has 1 aliphatic rings. The summed E-state index contributed by atoms with van der Waals surface area (Å²) in [6.07, 6.45) is 1.56. The number of aromatic nitrogens is 2. The van der Waals surface area contributed by atoms with E-state index in [4.69, 9.17) is 0 Å². The zero-order valence-corrected chi connectivity index (χ0v) is 12.2. The van der Waals surface area contributed by atoms with E-state index >= 15 is 0 Å². The number of aromatic amines is 1. The number of hydrogen-bond donors (Lipinski definition) is 2. The molecule has 0 atom stereocenters. The fraction of sp³-hybridized carbons (Fsp3) is 0.727. The Balaban J connectivity index is 2.16. The van der Waals surface area contributed by atoms with Crippen LogP contribution in [0.2, 0.25) is 0 Å². The maximum Gasteiger partial charge on any atom is 0.260 e. The Kier molecular flexibility index (Phi) is 4.56. The van der Waals surface area contributed by atoms with Crippen molar-refractivity contribution in [3.63, 3.8) is 0 Å². The minimum atomic E-state index is -3.45. The Bertz CT molecular complexity index is 505. The predicted octanol–water partition coefficient (Wildman–Crippen LogP) is -0.545. The highest BCUT2D eigenvalue weighted by Crippen LogP contribution is 2.19. The van der Waals surface area contributed by atoms with Crippen molar-refractivity contribution < 1.29 is 8.42 Å². The summed E-state index contributed by atoms with van der Waals surface area (Å²) in [4.78, 5) is 2.24. The van der Waals surface area contributed by atoms with Crippen LogP contribution in [0.25, 0.3) is 0 Å². The second-order valence-corrected chi connectivity index (χ2v) is 6.47. The first-order valence-corrected chi connectivity index (χ1v) is 7.93. The van der Waals surface area contributed by atoms with Gasteiger partial charge in [-0.1, -0.05) is 6.92 Å². The standard InChI is InChI=1S/C11H21N5O2S/c1-3-15-4-6-16(7-5-15)19(17,18)11-10(8-12-2)9-13-14-11/h9,12H,3-8H2,1-2H3,(H,13,14). The second kappa shape index (κ2) is 6.00. The molecule has 2 rings (SSSR count). The van der Waals surface area contributed by atoms with Gasteiger partial charge in [0.1, 0.15) is 0 Å². The highest BCUT2D eigenvalue weighted by atomic mass is 32.2. The summed E-state index contributed by atoms with van der Waals surface area (Å²) in [6.45, 7) is 6.17. The fourth-order valence-electron chi connectivity index (χ4n) is 2.25. The molecule has 1 saturated heterocycles. The SMILES string of the molecule is CCN1CCN(S(=O)(=O)c2[nH]ncc2CNC)CC1. The lowest BCUT2D eigenvalue weighted by Crippen LogP contribution is -2.48. The molecular weight excluding hydrogens is 266 g/mol. The molecule has 0 radical (unpaired) electrons. The monoisotopic (exact) mass is 287 g/mol. The van der Waals surface area contributed by atoms with Gasteiger partial charge in [0.15, 0.2) is 5.03 Å². The van der Waals surface area contributed by atoms with Crippen LogP contribution in [-0.4, -0.2) is 67.6 Å². The first-order valence-electron chi connectivity index (χ1n) is 6.49. The van der Waals surface area contributed by atoms with Crippen LogP contribution >= 0.6 is 0 Å². The first kappa shape index (κ1) is 14.4. The molecule has 8 heteroatoms. The molecule has 2 heterocycles. The maximum absolute atomic E-state index is 12.5. The number of nitrogens with zero attached hydrogens (tertiary/aromatic N) is 3. The number of H-pyrrole nitrogens is 1. The van der Waals surface area contributed by atoms with Crippen LogP contribution in [0.4, 0.5) is 0 Å². The number of nitrogens with one attached hydrogen (secondary N) is 2. The van der Waals surface area contributed by atoms with Gasteiger partial charge in [-0.25, -0.2) is 8.42 Å². The van der Waals surface area contributed by atoms with Crippen molar-refractivity contribution in [2.45, 2.75) is 18.5 Å². The van der Waals surface area contributed by atoms with Gasteiger partial charge in [-0.05, 0) is 13.6 Å². The van der Waals surface area contributed by atoms with Crippen molar-refractivity contribution >= 4 is 10.0 Å². The molecule has 19 heavy (non-hydrogen) atoms. The van der Waals surface area contributed by atoms with E-state index in [1.165, 1.54) is 4.31 Å². The van der Waals surface area contributed by atoms with Crippen LogP contribution in [0.15, 0.2) is 11.2 Å². The number of hydrogen-bond acceptors (Lipinski definition) is 5. The van der Waals surface area contributed by atoms with E-state index in [0.29, 0.717) is 25.2 Å². The maximum atomic E-state index is 12.5. The molecule has 7 nitrogen and oxygen atoms in total. The Labute approximate surface area is 114 Å². The normalized spacial score (nSPS) is 18.8. The summed E-state index contributed by atoms with van der Waals surface area (Å²) < 4.78 is 26.6. The molecule has 0 aromatic carbocycles. The molecule has 108 valence electrons. The Morgan fingerprint density at radius 1 is 1.37 bits per heavy atom.